The fourth-order valence-electron chi connectivity index (χ4n) is 0.692. The minimum Gasteiger partial charge on any atom is -0.465 e. The molecule has 1 aromatic rings. The first-order valence-electron chi connectivity index (χ1n) is 3.48. The van der Waals surface area contributed by atoms with E-state index in [1.165, 1.54) is 7.11 Å². The van der Waals surface area contributed by atoms with Crippen LogP contribution in [-0.2, 0) is 4.74 Å². The standard InChI is InChI=1S/C8H8O2.C2H4/c1-10-8(9)7-5-3-2-4-6-7;1-2/h2-6H,1H3;1-2H2. The molecule has 0 heterocycles. The molecule has 0 saturated carbocycles. The van der Waals surface area contributed by atoms with Gasteiger partial charge in [-0.25, -0.2) is 4.79 Å². The van der Waals surface area contributed by atoms with Crippen LogP contribution in [0.1, 0.15) is 10.4 Å². The quantitative estimate of drug-likeness (QED) is 0.470. The van der Waals surface area contributed by atoms with E-state index in [1.807, 2.05) is 6.07 Å². The van der Waals surface area contributed by atoms with Gasteiger partial charge < -0.3 is 4.74 Å². The lowest BCUT2D eigenvalue weighted by atomic mass is 10.2. The van der Waals surface area contributed by atoms with Crippen LogP contribution in [0, 0.1) is 0 Å². The molecule has 1 aromatic carbocycles. The maximum atomic E-state index is 10.8. The third-order valence-electron chi connectivity index (χ3n) is 1.19. The predicted molar refractivity (Wildman–Crippen MR) is 49.0 cm³/mol. The summed E-state index contributed by atoms with van der Waals surface area (Å²) in [4.78, 5) is 10.8. The maximum absolute atomic E-state index is 10.8. The highest BCUT2D eigenvalue weighted by Crippen LogP contribution is 1.98. The lowest BCUT2D eigenvalue weighted by molar-refractivity contribution is 0.0601. The highest BCUT2D eigenvalue weighted by Gasteiger charge is 2.00. The van der Waals surface area contributed by atoms with E-state index < -0.39 is 0 Å². The Bertz CT molecular complexity index is 229. The van der Waals surface area contributed by atoms with E-state index in [0.717, 1.165) is 0 Å². The Morgan fingerprint density at radius 1 is 1.25 bits per heavy atom. The first-order valence-corrected chi connectivity index (χ1v) is 3.48. The number of methoxy groups -OCH3 is 1. The number of rotatable bonds is 1. The number of esters is 1. The van der Waals surface area contributed by atoms with Crippen molar-refractivity contribution in [2.24, 2.45) is 0 Å². The topological polar surface area (TPSA) is 26.3 Å². The molecular weight excluding hydrogens is 152 g/mol. The van der Waals surface area contributed by atoms with Crippen molar-refractivity contribution in [3.8, 4) is 0 Å². The number of hydrogen-bond acceptors (Lipinski definition) is 2. The van der Waals surface area contributed by atoms with Gasteiger partial charge in [0.2, 0.25) is 0 Å². The van der Waals surface area contributed by atoms with Crippen LogP contribution < -0.4 is 0 Å². The van der Waals surface area contributed by atoms with Crippen molar-refractivity contribution in [3.63, 3.8) is 0 Å². The fraction of sp³-hybridized carbons (Fsp3) is 0.100. The summed E-state index contributed by atoms with van der Waals surface area (Å²) in [5.74, 6) is -0.291. The van der Waals surface area contributed by atoms with Crippen molar-refractivity contribution in [3.05, 3.63) is 49.1 Å². The Balaban J connectivity index is 0.000000561. The summed E-state index contributed by atoms with van der Waals surface area (Å²) < 4.78 is 4.50. The van der Waals surface area contributed by atoms with E-state index in [1.54, 1.807) is 24.3 Å². The van der Waals surface area contributed by atoms with Gasteiger partial charge in [0.05, 0.1) is 12.7 Å². The molecule has 0 aliphatic heterocycles. The molecule has 0 unspecified atom stereocenters. The molecule has 0 radical (unpaired) electrons. The summed E-state index contributed by atoms with van der Waals surface area (Å²) >= 11 is 0. The second-order valence-corrected chi connectivity index (χ2v) is 1.86. The van der Waals surface area contributed by atoms with Gasteiger partial charge in [-0.3, -0.25) is 0 Å². The van der Waals surface area contributed by atoms with Crippen molar-refractivity contribution >= 4 is 5.97 Å². The van der Waals surface area contributed by atoms with E-state index in [4.69, 9.17) is 0 Å². The maximum Gasteiger partial charge on any atom is 0.337 e. The predicted octanol–water partition coefficient (Wildman–Crippen LogP) is 2.28. The molecule has 1 rings (SSSR count). The molecule has 64 valence electrons. The van der Waals surface area contributed by atoms with Gasteiger partial charge in [-0.2, -0.15) is 0 Å². The Morgan fingerprint density at radius 3 is 2.17 bits per heavy atom. The Labute approximate surface area is 72.5 Å². The molecule has 2 heteroatoms. The van der Waals surface area contributed by atoms with E-state index in [2.05, 4.69) is 17.9 Å². The molecule has 0 aliphatic carbocycles. The summed E-state index contributed by atoms with van der Waals surface area (Å²) in [5, 5.41) is 0. The zero-order chi connectivity index (χ0) is 9.40. The van der Waals surface area contributed by atoms with Crippen molar-refractivity contribution in [2.75, 3.05) is 7.11 Å². The summed E-state index contributed by atoms with van der Waals surface area (Å²) in [5.41, 5.74) is 0.588. The molecule has 0 N–H and O–H groups in total. The van der Waals surface area contributed by atoms with Crippen molar-refractivity contribution in [1.82, 2.24) is 0 Å². The Kier molecular flexibility index (Phi) is 5.35. The summed E-state index contributed by atoms with van der Waals surface area (Å²) in [6.07, 6.45) is 0. The number of carbonyl (C=O) groups is 1. The first-order chi connectivity index (χ1) is 5.84. The fourth-order valence-corrected chi connectivity index (χ4v) is 0.692. The molecule has 0 saturated heterocycles. The molecule has 0 atom stereocenters. The van der Waals surface area contributed by atoms with E-state index in [-0.39, 0.29) is 5.97 Å². The highest BCUT2D eigenvalue weighted by molar-refractivity contribution is 5.89. The molecule has 0 bridgehead atoms. The van der Waals surface area contributed by atoms with Gasteiger partial charge in [-0.05, 0) is 12.1 Å². The van der Waals surface area contributed by atoms with E-state index >= 15 is 0 Å². The van der Waals surface area contributed by atoms with Crippen molar-refractivity contribution in [1.29, 1.82) is 0 Å². The SMILES string of the molecule is C=C.COC(=O)c1ccccc1. The molecule has 0 aromatic heterocycles. The van der Waals surface area contributed by atoms with Gasteiger partial charge in [0, 0.05) is 0 Å². The summed E-state index contributed by atoms with van der Waals surface area (Å²) in [6, 6.07) is 8.88. The summed E-state index contributed by atoms with van der Waals surface area (Å²) in [6.45, 7) is 6.00. The van der Waals surface area contributed by atoms with E-state index in [0.29, 0.717) is 5.56 Å². The van der Waals surface area contributed by atoms with Gasteiger partial charge in [0.1, 0.15) is 0 Å². The highest BCUT2D eigenvalue weighted by atomic mass is 16.5. The van der Waals surface area contributed by atoms with Gasteiger partial charge in [-0.1, -0.05) is 18.2 Å². The summed E-state index contributed by atoms with van der Waals surface area (Å²) in [7, 11) is 1.37. The monoisotopic (exact) mass is 164 g/mol. The minimum absolute atomic E-state index is 0.291. The zero-order valence-corrected chi connectivity index (χ0v) is 7.12. The van der Waals surface area contributed by atoms with Crippen LogP contribution in [0.5, 0.6) is 0 Å². The average molecular weight is 164 g/mol. The molecule has 12 heavy (non-hydrogen) atoms. The van der Waals surface area contributed by atoms with Crippen LogP contribution >= 0.6 is 0 Å². The van der Waals surface area contributed by atoms with Crippen LogP contribution in [-0.4, -0.2) is 13.1 Å². The number of carbonyl (C=O) groups excluding carboxylic acids is 1. The minimum atomic E-state index is -0.291. The molecule has 0 fully saturated rings. The van der Waals surface area contributed by atoms with Gasteiger partial charge >= 0.3 is 5.97 Å². The number of ether oxygens (including phenoxy) is 1. The smallest absolute Gasteiger partial charge is 0.337 e. The normalized spacial score (nSPS) is 7.75. The lowest BCUT2D eigenvalue weighted by Crippen LogP contribution is -1.99. The van der Waals surface area contributed by atoms with Crippen molar-refractivity contribution < 1.29 is 9.53 Å². The number of benzene rings is 1. The van der Waals surface area contributed by atoms with E-state index in [9.17, 15) is 4.79 Å². The Hall–Kier alpha value is -1.57. The molecule has 0 amide bonds. The van der Waals surface area contributed by atoms with Gasteiger partial charge in [0.25, 0.3) is 0 Å². The van der Waals surface area contributed by atoms with Crippen molar-refractivity contribution in [2.45, 2.75) is 0 Å². The van der Waals surface area contributed by atoms with Crippen LogP contribution in [0.3, 0.4) is 0 Å². The molecular formula is C10H12O2. The van der Waals surface area contributed by atoms with Crippen LogP contribution in [0.2, 0.25) is 0 Å². The Morgan fingerprint density at radius 2 is 1.75 bits per heavy atom. The molecule has 2 nitrogen and oxygen atoms in total. The van der Waals surface area contributed by atoms with Gasteiger partial charge in [-0.15, -0.1) is 13.2 Å². The second kappa shape index (κ2) is 6.16. The zero-order valence-electron chi connectivity index (χ0n) is 7.12. The van der Waals surface area contributed by atoms with Crippen LogP contribution in [0.15, 0.2) is 43.5 Å². The lowest BCUT2D eigenvalue weighted by Gasteiger charge is -1.95. The molecule has 0 spiro atoms. The molecule has 0 aliphatic rings. The third-order valence-corrected chi connectivity index (χ3v) is 1.19. The van der Waals surface area contributed by atoms with Crippen LogP contribution in [0.25, 0.3) is 0 Å². The van der Waals surface area contributed by atoms with Crippen LogP contribution in [0.4, 0.5) is 0 Å². The third kappa shape index (κ3) is 3.01. The number of hydrogen-bond donors (Lipinski definition) is 0. The van der Waals surface area contributed by atoms with Gasteiger partial charge in [0.15, 0.2) is 0 Å². The first kappa shape index (κ1) is 10.4. The average Bonchev–Trinajstić information content (AvgIpc) is 2.21. The largest absolute Gasteiger partial charge is 0.465 e. The second-order valence-electron chi connectivity index (χ2n) is 1.86.